The zero-order chi connectivity index (χ0) is 12.7. The summed E-state index contributed by atoms with van der Waals surface area (Å²) in [6.45, 7) is 6.29. The van der Waals surface area contributed by atoms with Gasteiger partial charge in [0.15, 0.2) is 0 Å². The lowest BCUT2D eigenvalue weighted by Crippen LogP contribution is -2.44. The van der Waals surface area contributed by atoms with Gasteiger partial charge in [-0.2, -0.15) is 0 Å². The molecular formula is C13H23N3O. The second-order valence-corrected chi connectivity index (χ2v) is 4.64. The zero-order valence-electron chi connectivity index (χ0n) is 10.6. The van der Waals surface area contributed by atoms with E-state index in [0.29, 0.717) is 12.3 Å². The van der Waals surface area contributed by atoms with Crippen molar-refractivity contribution in [3.63, 3.8) is 0 Å². The molecule has 4 heteroatoms. The van der Waals surface area contributed by atoms with E-state index in [1.807, 2.05) is 0 Å². The highest BCUT2D eigenvalue weighted by molar-refractivity contribution is 5.81. The molecule has 1 fully saturated rings. The Morgan fingerprint density at radius 2 is 2.24 bits per heavy atom. The van der Waals surface area contributed by atoms with Crippen LogP contribution in [0.15, 0.2) is 0 Å². The van der Waals surface area contributed by atoms with Crippen LogP contribution in [0.1, 0.15) is 26.2 Å². The lowest BCUT2D eigenvalue weighted by Gasteiger charge is -2.31. The average Bonchev–Trinajstić information content (AvgIpc) is 2.36. The fraction of sp³-hybridized carbons (Fsp3) is 0.769. The Balaban J connectivity index is 2.19. The monoisotopic (exact) mass is 237 g/mol. The summed E-state index contributed by atoms with van der Waals surface area (Å²) in [6, 6.07) is -0.560. The number of rotatable bonds is 5. The minimum Gasteiger partial charge on any atom is -0.354 e. The fourth-order valence-electron chi connectivity index (χ4n) is 2.10. The third-order valence-corrected chi connectivity index (χ3v) is 3.39. The summed E-state index contributed by atoms with van der Waals surface area (Å²) in [7, 11) is 0. The van der Waals surface area contributed by atoms with Crippen LogP contribution in [-0.4, -0.2) is 43.0 Å². The number of nitrogens with zero attached hydrogens (tertiary/aromatic N) is 1. The van der Waals surface area contributed by atoms with Crippen LogP contribution in [0, 0.1) is 18.3 Å². The van der Waals surface area contributed by atoms with Gasteiger partial charge in [0.1, 0.15) is 0 Å². The van der Waals surface area contributed by atoms with E-state index in [0.717, 1.165) is 39.0 Å². The van der Waals surface area contributed by atoms with Gasteiger partial charge in [0.05, 0.1) is 6.04 Å². The third kappa shape index (κ3) is 4.76. The first-order valence-corrected chi connectivity index (χ1v) is 6.36. The number of piperidine rings is 1. The first kappa shape index (κ1) is 14.0. The van der Waals surface area contributed by atoms with Gasteiger partial charge in [-0.15, -0.1) is 12.3 Å². The van der Waals surface area contributed by atoms with Gasteiger partial charge in [0.2, 0.25) is 5.91 Å². The SMILES string of the molecule is C#CCC(N)C(=O)NCC1CCN(CC)CC1. The molecule has 1 unspecified atom stereocenters. The summed E-state index contributed by atoms with van der Waals surface area (Å²) in [6.07, 6.45) is 7.73. The summed E-state index contributed by atoms with van der Waals surface area (Å²) in [4.78, 5) is 14.0. The van der Waals surface area contributed by atoms with Crippen molar-refractivity contribution in [2.24, 2.45) is 11.7 Å². The van der Waals surface area contributed by atoms with Gasteiger partial charge in [-0.3, -0.25) is 4.79 Å². The van der Waals surface area contributed by atoms with E-state index < -0.39 is 6.04 Å². The normalized spacial score (nSPS) is 19.6. The van der Waals surface area contributed by atoms with Crippen molar-refractivity contribution in [1.82, 2.24) is 10.2 Å². The summed E-state index contributed by atoms with van der Waals surface area (Å²) in [5.41, 5.74) is 5.62. The molecule has 1 rings (SSSR count). The Kier molecular flexibility index (Phi) is 6.03. The maximum atomic E-state index is 11.6. The van der Waals surface area contributed by atoms with Crippen molar-refractivity contribution in [3.8, 4) is 12.3 Å². The minimum absolute atomic E-state index is 0.124. The van der Waals surface area contributed by atoms with Crippen LogP contribution in [0.3, 0.4) is 0 Å². The number of hydrogen-bond acceptors (Lipinski definition) is 3. The smallest absolute Gasteiger partial charge is 0.237 e. The van der Waals surface area contributed by atoms with Crippen LogP contribution in [0.2, 0.25) is 0 Å². The predicted octanol–water partition coefficient (Wildman–Crippen LogP) is 0.185. The highest BCUT2D eigenvalue weighted by Crippen LogP contribution is 2.15. The van der Waals surface area contributed by atoms with Gasteiger partial charge in [-0.05, 0) is 38.4 Å². The van der Waals surface area contributed by atoms with E-state index in [4.69, 9.17) is 12.2 Å². The van der Waals surface area contributed by atoms with Crippen LogP contribution in [0.4, 0.5) is 0 Å². The summed E-state index contributed by atoms with van der Waals surface area (Å²) in [5.74, 6) is 2.87. The third-order valence-electron chi connectivity index (χ3n) is 3.39. The van der Waals surface area contributed by atoms with Gasteiger partial charge >= 0.3 is 0 Å². The Morgan fingerprint density at radius 3 is 2.76 bits per heavy atom. The first-order chi connectivity index (χ1) is 8.17. The van der Waals surface area contributed by atoms with E-state index in [1.54, 1.807) is 0 Å². The highest BCUT2D eigenvalue weighted by atomic mass is 16.2. The second kappa shape index (κ2) is 7.31. The lowest BCUT2D eigenvalue weighted by atomic mass is 9.96. The number of likely N-dealkylation sites (tertiary alicyclic amines) is 1. The molecule has 0 aromatic rings. The largest absolute Gasteiger partial charge is 0.354 e. The second-order valence-electron chi connectivity index (χ2n) is 4.64. The maximum Gasteiger partial charge on any atom is 0.237 e. The Bertz CT molecular complexity index is 277. The number of carbonyl (C=O) groups is 1. The molecule has 1 saturated heterocycles. The van der Waals surface area contributed by atoms with Gasteiger partial charge in [0, 0.05) is 13.0 Å². The molecule has 3 N–H and O–H groups in total. The molecule has 1 heterocycles. The first-order valence-electron chi connectivity index (χ1n) is 6.36. The number of terminal acetylenes is 1. The molecular weight excluding hydrogens is 214 g/mol. The summed E-state index contributed by atoms with van der Waals surface area (Å²) < 4.78 is 0. The Hall–Kier alpha value is -1.05. The van der Waals surface area contributed by atoms with E-state index in [2.05, 4.69) is 23.1 Å². The molecule has 0 bridgehead atoms. The molecule has 0 aliphatic carbocycles. The maximum absolute atomic E-state index is 11.6. The molecule has 1 amide bonds. The standard InChI is InChI=1S/C13H23N3O/c1-3-5-12(14)13(17)15-10-11-6-8-16(4-2)9-7-11/h1,11-12H,4-10,14H2,2H3,(H,15,17). The van der Waals surface area contributed by atoms with Gasteiger partial charge in [-0.1, -0.05) is 6.92 Å². The van der Waals surface area contributed by atoms with Crippen LogP contribution < -0.4 is 11.1 Å². The molecule has 0 aromatic carbocycles. The molecule has 0 spiro atoms. The van der Waals surface area contributed by atoms with Crippen molar-refractivity contribution in [2.75, 3.05) is 26.2 Å². The van der Waals surface area contributed by atoms with Crippen LogP contribution in [-0.2, 0) is 4.79 Å². The van der Waals surface area contributed by atoms with Crippen molar-refractivity contribution >= 4 is 5.91 Å². The van der Waals surface area contributed by atoms with Gasteiger partial charge in [-0.25, -0.2) is 0 Å². The predicted molar refractivity (Wildman–Crippen MR) is 69.3 cm³/mol. The number of amides is 1. The Morgan fingerprint density at radius 1 is 1.59 bits per heavy atom. The topological polar surface area (TPSA) is 58.4 Å². The van der Waals surface area contributed by atoms with Crippen molar-refractivity contribution in [1.29, 1.82) is 0 Å². The summed E-state index contributed by atoms with van der Waals surface area (Å²) >= 11 is 0. The quantitative estimate of drug-likeness (QED) is 0.671. The molecule has 96 valence electrons. The lowest BCUT2D eigenvalue weighted by molar-refractivity contribution is -0.122. The zero-order valence-corrected chi connectivity index (χ0v) is 10.6. The fourth-order valence-corrected chi connectivity index (χ4v) is 2.10. The minimum atomic E-state index is -0.560. The summed E-state index contributed by atoms with van der Waals surface area (Å²) in [5, 5.41) is 2.89. The van der Waals surface area contributed by atoms with Crippen molar-refractivity contribution < 1.29 is 4.79 Å². The van der Waals surface area contributed by atoms with Crippen molar-refractivity contribution in [2.45, 2.75) is 32.2 Å². The van der Waals surface area contributed by atoms with E-state index in [9.17, 15) is 4.79 Å². The Labute approximate surface area is 104 Å². The van der Waals surface area contributed by atoms with Gasteiger partial charge in [0.25, 0.3) is 0 Å². The van der Waals surface area contributed by atoms with Crippen LogP contribution >= 0.6 is 0 Å². The van der Waals surface area contributed by atoms with Crippen molar-refractivity contribution in [3.05, 3.63) is 0 Å². The van der Waals surface area contributed by atoms with E-state index in [1.165, 1.54) is 0 Å². The van der Waals surface area contributed by atoms with E-state index in [-0.39, 0.29) is 5.91 Å². The number of hydrogen-bond donors (Lipinski definition) is 2. The molecule has 17 heavy (non-hydrogen) atoms. The molecule has 0 saturated carbocycles. The van der Waals surface area contributed by atoms with Crippen LogP contribution in [0.5, 0.6) is 0 Å². The molecule has 4 nitrogen and oxygen atoms in total. The van der Waals surface area contributed by atoms with E-state index >= 15 is 0 Å². The number of nitrogens with two attached hydrogens (primary N) is 1. The molecule has 0 aromatic heterocycles. The highest BCUT2D eigenvalue weighted by Gasteiger charge is 2.19. The van der Waals surface area contributed by atoms with Crippen LogP contribution in [0.25, 0.3) is 0 Å². The molecule has 0 radical (unpaired) electrons. The number of carbonyl (C=O) groups excluding carboxylic acids is 1. The number of nitrogens with one attached hydrogen (secondary N) is 1. The molecule has 1 aliphatic rings. The molecule has 1 atom stereocenters. The average molecular weight is 237 g/mol. The molecule has 1 aliphatic heterocycles. The van der Waals surface area contributed by atoms with Gasteiger partial charge < -0.3 is 16.0 Å².